The minimum absolute atomic E-state index is 0.209. The molecule has 2 heterocycles. The fourth-order valence-corrected chi connectivity index (χ4v) is 2.71. The molecule has 15 heavy (non-hydrogen) atoms. The lowest BCUT2D eigenvalue weighted by Gasteiger charge is -2.23. The smallest absolute Gasteiger partial charge is 0.104 e. The number of nitrogens with one attached hydrogen (secondary N) is 1. The molecule has 0 bridgehead atoms. The molecule has 1 saturated heterocycles. The molecule has 1 aliphatic heterocycles. The van der Waals surface area contributed by atoms with Crippen LogP contribution in [0.2, 0.25) is 0 Å². The second-order valence-electron chi connectivity index (χ2n) is 4.82. The van der Waals surface area contributed by atoms with Gasteiger partial charge in [0.15, 0.2) is 0 Å². The molecule has 1 unspecified atom stereocenters. The topological polar surface area (TPSA) is 21.3 Å². The van der Waals surface area contributed by atoms with Crippen LogP contribution < -0.4 is 5.32 Å². The molecule has 1 fully saturated rings. The summed E-state index contributed by atoms with van der Waals surface area (Å²) >= 11 is 1.84. The van der Waals surface area contributed by atoms with Gasteiger partial charge in [-0.15, -0.1) is 11.3 Å². The normalized spacial score (nSPS) is 26.2. The Morgan fingerprint density at radius 2 is 2.27 bits per heavy atom. The van der Waals surface area contributed by atoms with Gasteiger partial charge in [-0.25, -0.2) is 0 Å². The van der Waals surface area contributed by atoms with Crippen molar-refractivity contribution in [1.82, 2.24) is 5.32 Å². The first-order valence-electron chi connectivity index (χ1n) is 5.50. The van der Waals surface area contributed by atoms with E-state index in [0.29, 0.717) is 0 Å². The third-order valence-corrected chi connectivity index (χ3v) is 3.98. The first kappa shape index (κ1) is 11.1. The van der Waals surface area contributed by atoms with Gasteiger partial charge in [-0.3, -0.25) is 0 Å². The summed E-state index contributed by atoms with van der Waals surface area (Å²) in [7, 11) is 0. The molecule has 0 amide bonds. The van der Waals surface area contributed by atoms with Crippen LogP contribution in [0.5, 0.6) is 0 Å². The van der Waals surface area contributed by atoms with Crippen LogP contribution in [0.15, 0.2) is 12.1 Å². The maximum atomic E-state index is 5.89. The quantitative estimate of drug-likeness (QED) is 0.793. The summed E-state index contributed by atoms with van der Waals surface area (Å²) in [5.74, 6) is 0. The summed E-state index contributed by atoms with van der Waals surface area (Å²) in [6.45, 7) is 8.38. The van der Waals surface area contributed by atoms with Gasteiger partial charge < -0.3 is 10.1 Å². The summed E-state index contributed by atoms with van der Waals surface area (Å²) in [5.41, 5.74) is 0.209. The zero-order chi connectivity index (χ0) is 10.9. The van der Waals surface area contributed by atoms with Crippen LogP contribution in [0, 0.1) is 6.92 Å². The minimum atomic E-state index is 0.209. The van der Waals surface area contributed by atoms with E-state index < -0.39 is 0 Å². The van der Waals surface area contributed by atoms with Gasteiger partial charge in [0.05, 0.1) is 0 Å². The highest BCUT2D eigenvalue weighted by Gasteiger charge is 2.25. The van der Waals surface area contributed by atoms with Gasteiger partial charge in [-0.1, -0.05) is 0 Å². The lowest BCUT2D eigenvalue weighted by atomic mass is 10.0. The van der Waals surface area contributed by atoms with E-state index in [9.17, 15) is 0 Å². The third kappa shape index (κ3) is 2.80. The SMILES string of the molecule is Cc1ccc(C2CNC(C)(C)CCO2)s1. The first-order valence-corrected chi connectivity index (χ1v) is 6.31. The van der Waals surface area contributed by atoms with Crippen LogP contribution in [0.3, 0.4) is 0 Å². The van der Waals surface area contributed by atoms with Gasteiger partial charge in [0.1, 0.15) is 6.10 Å². The van der Waals surface area contributed by atoms with E-state index >= 15 is 0 Å². The van der Waals surface area contributed by atoms with Gasteiger partial charge in [0, 0.05) is 28.4 Å². The maximum absolute atomic E-state index is 5.89. The molecule has 0 spiro atoms. The van der Waals surface area contributed by atoms with Crippen molar-refractivity contribution in [3.05, 3.63) is 21.9 Å². The van der Waals surface area contributed by atoms with Gasteiger partial charge >= 0.3 is 0 Å². The molecule has 1 N–H and O–H groups in total. The molecular weight excluding hydrogens is 206 g/mol. The van der Waals surface area contributed by atoms with Crippen LogP contribution >= 0.6 is 11.3 Å². The lowest BCUT2D eigenvalue weighted by Crippen LogP contribution is -2.39. The summed E-state index contributed by atoms with van der Waals surface area (Å²) in [6, 6.07) is 4.35. The summed E-state index contributed by atoms with van der Waals surface area (Å²) < 4.78 is 5.89. The van der Waals surface area contributed by atoms with Crippen molar-refractivity contribution in [3.8, 4) is 0 Å². The van der Waals surface area contributed by atoms with Crippen molar-refractivity contribution in [2.75, 3.05) is 13.2 Å². The Morgan fingerprint density at radius 1 is 1.47 bits per heavy atom. The Hall–Kier alpha value is -0.380. The summed E-state index contributed by atoms with van der Waals surface area (Å²) in [6.07, 6.45) is 1.32. The number of thiophene rings is 1. The Bertz CT molecular complexity index is 332. The van der Waals surface area contributed by atoms with Gasteiger partial charge in [-0.2, -0.15) is 0 Å². The third-order valence-electron chi connectivity index (χ3n) is 2.89. The van der Waals surface area contributed by atoms with Crippen LogP contribution in [0.4, 0.5) is 0 Å². The monoisotopic (exact) mass is 225 g/mol. The Morgan fingerprint density at radius 3 is 2.93 bits per heavy atom. The van der Waals surface area contributed by atoms with Crippen LogP contribution in [0.1, 0.15) is 36.1 Å². The molecule has 0 aromatic carbocycles. The van der Waals surface area contributed by atoms with E-state index in [1.807, 2.05) is 11.3 Å². The molecule has 1 atom stereocenters. The second kappa shape index (κ2) is 4.24. The molecule has 1 aromatic rings. The number of aryl methyl sites for hydroxylation is 1. The fourth-order valence-electron chi connectivity index (χ4n) is 1.78. The van der Waals surface area contributed by atoms with Crippen molar-refractivity contribution in [3.63, 3.8) is 0 Å². The predicted molar refractivity (Wildman–Crippen MR) is 64.4 cm³/mol. The van der Waals surface area contributed by atoms with Crippen LogP contribution in [0.25, 0.3) is 0 Å². The first-order chi connectivity index (χ1) is 7.07. The zero-order valence-electron chi connectivity index (χ0n) is 9.67. The van der Waals surface area contributed by atoms with Crippen LogP contribution in [-0.4, -0.2) is 18.7 Å². The van der Waals surface area contributed by atoms with E-state index in [4.69, 9.17) is 4.74 Å². The van der Waals surface area contributed by atoms with Crippen molar-refractivity contribution < 1.29 is 4.74 Å². The molecule has 2 nitrogen and oxygen atoms in total. The number of hydrogen-bond acceptors (Lipinski definition) is 3. The summed E-state index contributed by atoms with van der Waals surface area (Å²) in [5, 5.41) is 3.56. The molecule has 0 radical (unpaired) electrons. The van der Waals surface area contributed by atoms with Crippen molar-refractivity contribution >= 4 is 11.3 Å². The predicted octanol–water partition coefficient (Wildman–Crippen LogP) is 2.89. The minimum Gasteiger partial charge on any atom is -0.371 e. The number of ether oxygens (including phenoxy) is 1. The highest BCUT2D eigenvalue weighted by molar-refractivity contribution is 7.12. The largest absolute Gasteiger partial charge is 0.371 e. The zero-order valence-corrected chi connectivity index (χ0v) is 10.5. The van der Waals surface area contributed by atoms with E-state index in [1.54, 1.807) is 0 Å². The molecule has 0 saturated carbocycles. The maximum Gasteiger partial charge on any atom is 0.104 e. The highest BCUT2D eigenvalue weighted by Crippen LogP contribution is 2.28. The molecule has 1 aliphatic rings. The molecule has 0 aliphatic carbocycles. The molecule has 3 heteroatoms. The number of rotatable bonds is 1. The van der Waals surface area contributed by atoms with Gasteiger partial charge in [0.2, 0.25) is 0 Å². The highest BCUT2D eigenvalue weighted by atomic mass is 32.1. The molecular formula is C12H19NOS. The average Bonchev–Trinajstić information content (AvgIpc) is 2.49. The van der Waals surface area contributed by atoms with Crippen molar-refractivity contribution in [1.29, 1.82) is 0 Å². The fraction of sp³-hybridized carbons (Fsp3) is 0.667. The van der Waals surface area contributed by atoms with E-state index in [1.165, 1.54) is 9.75 Å². The van der Waals surface area contributed by atoms with Crippen molar-refractivity contribution in [2.45, 2.75) is 38.8 Å². The lowest BCUT2D eigenvalue weighted by molar-refractivity contribution is 0.0680. The standard InChI is InChI=1S/C12H19NOS/c1-9-4-5-11(15-9)10-8-13-12(2,3)6-7-14-10/h4-5,10,13H,6-8H2,1-3H3. The average molecular weight is 225 g/mol. The van der Waals surface area contributed by atoms with Crippen molar-refractivity contribution in [2.24, 2.45) is 0 Å². The Kier molecular flexibility index (Phi) is 3.14. The van der Waals surface area contributed by atoms with E-state index in [0.717, 1.165) is 19.6 Å². The van der Waals surface area contributed by atoms with Gasteiger partial charge in [0.25, 0.3) is 0 Å². The molecule has 84 valence electrons. The second-order valence-corrected chi connectivity index (χ2v) is 6.14. The summed E-state index contributed by atoms with van der Waals surface area (Å²) in [4.78, 5) is 2.70. The molecule has 2 rings (SSSR count). The molecule has 1 aromatic heterocycles. The van der Waals surface area contributed by atoms with E-state index in [-0.39, 0.29) is 11.6 Å². The van der Waals surface area contributed by atoms with Gasteiger partial charge in [-0.05, 0) is 39.3 Å². The Balaban J connectivity index is 2.05. The van der Waals surface area contributed by atoms with Crippen LogP contribution in [-0.2, 0) is 4.74 Å². The van der Waals surface area contributed by atoms with E-state index in [2.05, 4.69) is 38.2 Å². The Labute approximate surface area is 95.6 Å². The number of hydrogen-bond donors (Lipinski definition) is 1.